The average molecular weight is 492 g/mol. The molecule has 1 saturated heterocycles. The third-order valence-electron chi connectivity index (χ3n) is 6.12. The fourth-order valence-electron chi connectivity index (χ4n) is 4.05. The Morgan fingerprint density at radius 3 is 2.37 bits per heavy atom. The van der Waals surface area contributed by atoms with Gasteiger partial charge < -0.3 is 25.0 Å². The first-order valence-electron chi connectivity index (χ1n) is 11.3. The highest BCUT2D eigenvalue weighted by atomic mass is 19.4. The molecule has 2 heterocycles. The van der Waals surface area contributed by atoms with Gasteiger partial charge in [0.15, 0.2) is 5.75 Å². The molecule has 0 aromatic heterocycles. The van der Waals surface area contributed by atoms with Crippen LogP contribution in [0, 0.1) is 10.1 Å². The van der Waals surface area contributed by atoms with Gasteiger partial charge in [0.25, 0.3) is 0 Å². The Bertz CT molecular complexity index is 1060. The number of nitro groups is 1. The number of rotatable bonds is 8. The Balaban J connectivity index is 1.30. The molecule has 4 rings (SSSR count). The van der Waals surface area contributed by atoms with Crippen LogP contribution in [0.2, 0.25) is 0 Å². The van der Waals surface area contributed by atoms with Crippen molar-refractivity contribution in [3.05, 3.63) is 76.1 Å². The van der Waals surface area contributed by atoms with Crippen molar-refractivity contribution in [1.82, 2.24) is 10.6 Å². The van der Waals surface area contributed by atoms with Gasteiger partial charge in [-0.25, -0.2) is 0 Å². The van der Waals surface area contributed by atoms with E-state index in [1.807, 2.05) is 13.0 Å². The first-order valence-corrected chi connectivity index (χ1v) is 11.3. The van der Waals surface area contributed by atoms with Gasteiger partial charge in [-0.1, -0.05) is 12.1 Å². The third kappa shape index (κ3) is 6.16. The number of hydrogen-bond acceptors (Lipinski definition) is 7. The smallest absolute Gasteiger partial charge is 0.416 e. The highest BCUT2D eigenvalue weighted by molar-refractivity contribution is 5.60. The molecule has 2 aromatic carbocycles. The van der Waals surface area contributed by atoms with E-state index in [1.165, 1.54) is 18.2 Å². The van der Waals surface area contributed by atoms with Crippen LogP contribution in [0.25, 0.3) is 0 Å². The van der Waals surface area contributed by atoms with Crippen molar-refractivity contribution in [2.45, 2.75) is 44.3 Å². The van der Waals surface area contributed by atoms with Crippen molar-refractivity contribution < 1.29 is 27.6 Å². The molecule has 0 atom stereocenters. The Kier molecular flexibility index (Phi) is 7.06. The summed E-state index contributed by atoms with van der Waals surface area (Å²) >= 11 is 0. The largest absolute Gasteiger partial charge is 0.482 e. The van der Waals surface area contributed by atoms with E-state index in [-0.39, 0.29) is 30.8 Å². The normalized spacial score (nSPS) is 17.7. The molecule has 2 N–H and O–H groups in total. The maximum Gasteiger partial charge on any atom is 0.416 e. The molecule has 0 radical (unpaired) electrons. The second kappa shape index (κ2) is 10.0. The maximum absolute atomic E-state index is 12.7. The van der Waals surface area contributed by atoms with Gasteiger partial charge in [-0.3, -0.25) is 10.1 Å². The first-order chi connectivity index (χ1) is 16.6. The number of nitro benzene ring substituents is 1. The topological polar surface area (TPSA) is 88.9 Å². The van der Waals surface area contributed by atoms with Crippen LogP contribution in [0.3, 0.4) is 0 Å². The van der Waals surface area contributed by atoms with Crippen molar-refractivity contribution in [1.29, 1.82) is 0 Å². The molecule has 2 aliphatic rings. The maximum atomic E-state index is 12.7. The number of ether oxygens (including phenoxy) is 2. The molecule has 0 amide bonds. The van der Waals surface area contributed by atoms with Crippen LogP contribution in [-0.4, -0.2) is 36.4 Å². The molecular weight excluding hydrogens is 465 g/mol. The van der Waals surface area contributed by atoms with E-state index >= 15 is 0 Å². The van der Waals surface area contributed by atoms with Crippen molar-refractivity contribution >= 4 is 11.4 Å². The predicted molar refractivity (Wildman–Crippen MR) is 124 cm³/mol. The number of nitrogens with one attached hydrogen (secondary N) is 2. The zero-order valence-corrected chi connectivity index (χ0v) is 19.2. The molecule has 0 aliphatic carbocycles. The van der Waals surface area contributed by atoms with Crippen molar-refractivity contribution in [3.8, 4) is 5.75 Å². The van der Waals surface area contributed by atoms with Crippen LogP contribution in [0.4, 0.5) is 24.5 Å². The standard InChI is InChI=1S/C24H27F3N4O4/c1-23(28-10-11-29-23)16-35-22-7-6-19(14-21(22)31(32)33)30-12-8-20(9-13-30)34-15-17-2-4-18(5-3-17)24(25,26)27/h2-7,10-11,14,20,28-29H,8-9,12-13,15-16H2,1H3. The Hall–Kier alpha value is -3.47. The number of alkyl halides is 3. The molecule has 0 bridgehead atoms. The van der Waals surface area contributed by atoms with Crippen molar-refractivity contribution in [2.75, 3.05) is 24.6 Å². The molecule has 188 valence electrons. The van der Waals surface area contributed by atoms with Gasteiger partial charge in [0, 0.05) is 37.2 Å². The molecular formula is C24H27F3N4O4. The van der Waals surface area contributed by atoms with Crippen molar-refractivity contribution in [3.63, 3.8) is 0 Å². The highest BCUT2D eigenvalue weighted by Crippen LogP contribution is 2.34. The number of halogens is 3. The summed E-state index contributed by atoms with van der Waals surface area (Å²) in [6.07, 6.45) is 0.512. The van der Waals surface area contributed by atoms with Gasteiger partial charge in [-0.05, 0) is 49.6 Å². The number of piperidine rings is 1. The van der Waals surface area contributed by atoms with Gasteiger partial charge in [-0.15, -0.1) is 0 Å². The summed E-state index contributed by atoms with van der Waals surface area (Å²) in [6.45, 7) is 3.61. The lowest BCUT2D eigenvalue weighted by molar-refractivity contribution is -0.385. The predicted octanol–water partition coefficient (Wildman–Crippen LogP) is 4.56. The Labute approximate surface area is 200 Å². The van der Waals surface area contributed by atoms with E-state index in [9.17, 15) is 23.3 Å². The third-order valence-corrected chi connectivity index (χ3v) is 6.12. The van der Waals surface area contributed by atoms with Crippen LogP contribution in [0.1, 0.15) is 30.9 Å². The molecule has 11 heteroatoms. The van der Waals surface area contributed by atoms with Gasteiger partial charge >= 0.3 is 11.9 Å². The lowest BCUT2D eigenvalue weighted by atomic mass is 10.1. The van der Waals surface area contributed by atoms with Crippen LogP contribution < -0.4 is 20.3 Å². The molecule has 0 saturated carbocycles. The van der Waals surface area contributed by atoms with Crippen molar-refractivity contribution in [2.24, 2.45) is 0 Å². The van der Waals surface area contributed by atoms with E-state index in [2.05, 4.69) is 15.5 Å². The average Bonchev–Trinajstić information content (AvgIpc) is 3.28. The first kappa shape index (κ1) is 24.6. The SMILES string of the molecule is CC1(COc2ccc(N3CCC(OCc4ccc(C(F)(F)F)cc4)CC3)cc2[N+](=O)[O-])NC=CN1. The van der Waals surface area contributed by atoms with Crippen LogP contribution in [0.5, 0.6) is 5.75 Å². The van der Waals surface area contributed by atoms with Crippen LogP contribution in [0.15, 0.2) is 54.9 Å². The van der Waals surface area contributed by atoms with E-state index in [0.717, 1.165) is 17.8 Å². The number of hydrogen-bond donors (Lipinski definition) is 2. The number of benzene rings is 2. The summed E-state index contributed by atoms with van der Waals surface area (Å²) in [6, 6.07) is 9.91. The molecule has 0 spiro atoms. The second-order valence-corrected chi connectivity index (χ2v) is 8.84. The Morgan fingerprint density at radius 1 is 1.11 bits per heavy atom. The monoisotopic (exact) mass is 492 g/mol. The minimum absolute atomic E-state index is 0.0353. The summed E-state index contributed by atoms with van der Waals surface area (Å²) in [4.78, 5) is 13.3. The van der Waals surface area contributed by atoms with Crippen LogP contribution >= 0.6 is 0 Å². The molecule has 1 fully saturated rings. The number of nitrogens with zero attached hydrogens (tertiary/aromatic N) is 2. The quantitative estimate of drug-likeness (QED) is 0.413. The lowest BCUT2D eigenvalue weighted by Gasteiger charge is -2.33. The van der Waals surface area contributed by atoms with E-state index in [4.69, 9.17) is 9.47 Å². The van der Waals surface area contributed by atoms with Gasteiger partial charge in [0.2, 0.25) is 0 Å². The fraction of sp³-hybridized carbons (Fsp3) is 0.417. The summed E-state index contributed by atoms with van der Waals surface area (Å²) < 4.78 is 49.7. The molecule has 0 unspecified atom stereocenters. The summed E-state index contributed by atoms with van der Waals surface area (Å²) in [5, 5.41) is 17.9. The van der Waals surface area contributed by atoms with Crippen LogP contribution in [-0.2, 0) is 17.5 Å². The Morgan fingerprint density at radius 2 is 1.77 bits per heavy atom. The lowest BCUT2D eigenvalue weighted by Crippen LogP contribution is -2.50. The van der Waals surface area contributed by atoms with E-state index in [0.29, 0.717) is 31.5 Å². The minimum Gasteiger partial charge on any atom is -0.482 e. The molecule has 8 nitrogen and oxygen atoms in total. The van der Waals surface area contributed by atoms with E-state index in [1.54, 1.807) is 18.5 Å². The fourth-order valence-corrected chi connectivity index (χ4v) is 4.05. The summed E-state index contributed by atoms with van der Waals surface area (Å²) in [5.74, 6) is 0.199. The minimum atomic E-state index is -4.36. The summed E-state index contributed by atoms with van der Waals surface area (Å²) in [5.41, 5.74) is 0.0971. The number of anilines is 1. The van der Waals surface area contributed by atoms with Gasteiger partial charge in [0.05, 0.1) is 23.2 Å². The summed E-state index contributed by atoms with van der Waals surface area (Å²) in [7, 11) is 0. The van der Waals surface area contributed by atoms with Gasteiger partial charge in [-0.2, -0.15) is 13.2 Å². The highest BCUT2D eigenvalue weighted by Gasteiger charge is 2.30. The molecule has 2 aliphatic heterocycles. The second-order valence-electron chi connectivity index (χ2n) is 8.84. The zero-order chi connectivity index (χ0) is 25.1. The molecule has 2 aromatic rings. The van der Waals surface area contributed by atoms with E-state index < -0.39 is 22.3 Å². The zero-order valence-electron chi connectivity index (χ0n) is 19.2. The molecule has 35 heavy (non-hydrogen) atoms. The van der Waals surface area contributed by atoms with Gasteiger partial charge in [0.1, 0.15) is 12.3 Å².